The van der Waals surface area contributed by atoms with Gasteiger partial charge in [0.25, 0.3) is 0 Å². The molecule has 0 aliphatic rings. The number of primary amides is 1. The number of hydrogen-bond acceptors (Lipinski definition) is 17. The average Bonchev–Trinajstić information content (AvgIpc) is 3.40. The van der Waals surface area contributed by atoms with Crippen LogP contribution in [0.25, 0.3) is 0 Å². The topological polar surface area (TPSA) is 635 Å². The number of carbonyl (C=O) groups excluding carboxylic acids is 10. The fourth-order valence-electron chi connectivity index (χ4n) is 7.57. The number of aliphatic hydroxyl groups is 1. The zero-order chi connectivity index (χ0) is 62.3. The molecule has 0 aromatic rings. The summed E-state index contributed by atoms with van der Waals surface area (Å²) in [6, 6.07) is -10.6. The number of nitrogens with two attached hydrogens (primary N) is 11. The van der Waals surface area contributed by atoms with Gasteiger partial charge in [0.2, 0.25) is 59.1 Å². The second kappa shape index (κ2) is 41.6. The van der Waals surface area contributed by atoms with Crippen LogP contribution in [-0.2, 0) is 47.9 Å². The van der Waals surface area contributed by atoms with E-state index in [-0.39, 0.29) is 121 Å². The van der Waals surface area contributed by atoms with Crippen molar-refractivity contribution in [2.24, 2.45) is 83.0 Å². The Kier molecular flexibility index (Phi) is 37.4. The molecule has 35 heteroatoms. The molecular formula is C47H92N24O11. The van der Waals surface area contributed by atoms with Crippen molar-refractivity contribution >= 4 is 82.9 Å². The van der Waals surface area contributed by atoms with Crippen molar-refractivity contribution in [1.82, 2.24) is 47.9 Å². The molecular weight excluding hydrogens is 1080 g/mol. The normalized spacial score (nSPS) is 14.0. The van der Waals surface area contributed by atoms with Crippen molar-refractivity contribution in [3.05, 3.63) is 0 Å². The van der Waals surface area contributed by atoms with Crippen LogP contribution in [-0.4, -0.2) is 188 Å². The first kappa shape index (κ1) is 73.7. The van der Waals surface area contributed by atoms with E-state index in [1.165, 1.54) is 20.8 Å². The van der Waals surface area contributed by atoms with Crippen molar-refractivity contribution in [2.45, 2.75) is 165 Å². The number of aliphatic imine (C=N–C) groups is 4. The highest BCUT2D eigenvalue weighted by Crippen LogP contribution is 2.10. The van der Waals surface area contributed by atoms with Crippen LogP contribution in [0.15, 0.2) is 20.0 Å². The second-order valence-electron chi connectivity index (χ2n) is 19.1. The third kappa shape index (κ3) is 33.9. The Labute approximate surface area is 476 Å². The lowest BCUT2D eigenvalue weighted by Gasteiger charge is -2.27. The maximum absolute atomic E-state index is 14.2. The number of rotatable bonds is 43. The summed E-state index contributed by atoms with van der Waals surface area (Å²) in [6.45, 7) is 3.76. The first-order valence-electron chi connectivity index (χ1n) is 26.9. The molecule has 0 aliphatic heterocycles. The molecule has 10 amide bonds. The third-order valence-electron chi connectivity index (χ3n) is 11.8. The zero-order valence-corrected chi connectivity index (χ0v) is 47.2. The number of carbonyl (C=O) groups is 10. The minimum Gasteiger partial charge on any atom is -0.391 e. The molecule has 0 saturated carbocycles. The molecule has 466 valence electrons. The molecule has 32 N–H and O–H groups in total. The van der Waals surface area contributed by atoms with Gasteiger partial charge in [0, 0.05) is 33.1 Å². The van der Waals surface area contributed by atoms with E-state index in [9.17, 15) is 53.1 Å². The number of guanidine groups is 4. The Morgan fingerprint density at radius 3 is 1.02 bits per heavy atom. The summed E-state index contributed by atoms with van der Waals surface area (Å²) in [7, 11) is 0. The summed E-state index contributed by atoms with van der Waals surface area (Å²) in [5, 5.41) is 32.9. The highest BCUT2D eigenvalue weighted by Gasteiger charge is 2.34. The van der Waals surface area contributed by atoms with E-state index in [1.807, 2.05) is 0 Å². The lowest BCUT2D eigenvalue weighted by atomic mass is 10.0. The van der Waals surface area contributed by atoms with E-state index in [1.54, 1.807) is 0 Å². The van der Waals surface area contributed by atoms with E-state index < -0.39 is 120 Å². The fraction of sp³-hybridized carbons (Fsp3) is 0.702. The van der Waals surface area contributed by atoms with Crippen molar-refractivity contribution in [1.29, 1.82) is 0 Å². The summed E-state index contributed by atoms with van der Waals surface area (Å²) in [4.78, 5) is 149. The molecule has 0 bridgehead atoms. The van der Waals surface area contributed by atoms with Crippen molar-refractivity contribution in [3.63, 3.8) is 0 Å². The summed E-state index contributed by atoms with van der Waals surface area (Å²) >= 11 is 0. The molecule has 0 spiro atoms. The smallest absolute Gasteiger partial charge is 0.243 e. The lowest BCUT2D eigenvalue weighted by Crippen LogP contribution is -2.60. The van der Waals surface area contributed by atoms with Crippen LogP contribution in [0.1, 0.15) is 111 Å². The van der Waals surface area contributed by atoms with Gasteiger partial charge in [0.05, 0.1) is 12.6 Å². The molecule has 0 rings (SSSR count). The zero-order valence-electron chi connectivity index (χ0n) is 47.2. The molecule has 9 atom stereocenters. The largest absolute Gasteiger partial charge is 0.391 e. The van der Waals surface area contributed by atoms with Gasteiger partial charge in [-0.15, -0.1) is 0 Å². The van der Waals surface area contributed by atoms with Gasteiger partial charge in [-0.25, -0.2) is 0 Å². The molecule has 0 fully saturated rings. The van der Waals surface area contributed by atoms with E-state index in [4.69, 9.17) is 63.1 Å². The van der Waals surface area contributed by atoms with E-state index >= 15 is 0 Å². The van der Waals surface area contributed by atoms with Crippen molar-refractivity contribution in [3.8, 4) is 0 Å². The lowest BCUT2D eigenvalue weighted by molar-refractivity contribution is -0.135. The molecule has 0 radical (unpaired) electrons. The molecule has 0 heterocycles. The van der Waals surface area contributed by atoms with Gasteiger partial charge in [0.1, 0.15) is 48.3 Å². The molecule has 0 aromatic heterocycles. The van der Waals surface area contributed by atoms with Gasteiger partial charge < -0.3 is 116 Å². The molecule has 0 saturated heterocycles. The Balaban J connectivity index is 6.68. The predicted molar refractivity (Wildman–Crippen MR) is 306 cm³/mol. The summed E-state index contributed by atoms with van der Waals surface area (Å²) < 4.78 is 0. The minimum absolute atomic E-state index is 0.00448. The van der Waals surface area contributed by atoms with Gasteiger partial charge in [-0.2, -0.15) is 0 Å². The summed E-state index contributed by atoms with van der Waals surface area (Å²) in [5.74, 6) is -9.12. The third-order valence-corrected chi connectivity index (χ3v) is 11.8. The maximum atomic E-state index is 14.2. The Hall–Kier alpha value is -8.34. The number of hydrogen-bond donors (Lipinski definition) is 21. The van der Waals surface area contributed by atoms with Gasteiger partial charge in [-0.1, -0.05) is 0 Å². The van der Waals surface area contributed by atoms with Crippen LogP contribution in [0.4, 0.5) is 0 Å². The van der Waals surface area contributed by atoms with E-state index in [0.29, 0.717) is 32.1 Å². The molecule has 82 heavy (non-hydrogen) atoms. The quantitative estimate of drug-likeness (QED) is 0.0153. The van der Waals surface area contributed by atoms with Crippen LogP contribution in [0.2, 0.25) is 0 Å². The van der Waals surface area contributed by atoms with Crippen LogP contribution < -0.4 is 111 Å². The molecule has 0 aromatic carbocycles. The number of nitrogens with zero attached hydrogens (tertiary/aromatic N) is 4. The van der Waals surface area contributed by atoms with Gasteiger partial charge in [0.15, 0.2) is 23.8 Å². The number of amides is 10. The Morgan fingerprint density at radius 2 is 0.695 bits per heavy atom. The molecule has 0 unspecified atom stereocenters. The van der Waals surface area contributed by atoms with Crippen LogP contribution in [0.5, 0.6) is 0 Å². The fourth-order valence-corrected chi connectivity index (χ4v) is 7.57. The predicted octanol–water partition coefficient (Wildman–Crippen LogP) is -9.64. The Morgan fingerprint density at radius 1 is 0.390 bits per heavy atom. The highest BCUT2D eigenvalue weighted by atomic mass is 16.3. The van der Waals surface area contributed by atoms with Crippen LogP contribution in [0, 0.1) is 0 Å². The van der Waals surface area contributed by atoms with Gasteiger partial charge in [-0.3, -0.25) is 67.9 Å². The SMILES string of the molecule is CC(=O)N[C@@H](CCCN=C(N)N)C(=O)N[C@@H](C)C(=O)N[C@@H](CCCN=C(N)N)C(=O)NCC(=O)N[C@@H](CCCN=C(N)N)C(=O)N[C@@H](CCCCN)C(=O)N[C@@H](CCCCN)C(=O)N[C@@H](CCCN=C(N)N)C(=O)N[C@H](C(N)=O)[C@@H](C)O. The first-order valence-corrected chi connectivity index (χ1v) is 26.9. The minimum atomic E-state index is -1.52. The summed E-state index contributed by atoms with van der Waals surface area (Å²) in [6.07, 6.45) is 0.670. The van der Waals surface area contributed by atoms with Gasteiger partial charge >= 0.3 is 0 Å². The maximum Gasteiger partial charge on any atom is 0.243 e. The summed E-state index contributed by atoms with van der Waals surface area (Å²) in [5.41, 5.74) is 60.4. The van der Waals surface area contributed by atoms with Gasteiger partial charge in [-0.05, 0) is 117 Å². The number of unbranched alkanes of at least 4 members (excludes halogenated alkanes) is 2. The average molecular weight is 1170 g/mol. The number of aliphatic hydroxyl groups excluding tert-OH is 1. The molecule has 35 nitrogen and oxygen atoms in total. The first-order chi connectivity index (χ1) is 38.6. The standard InChI is InChI=1S/C47H92N24O11/c1-25(64-39(78)29(65-27(3)73)15-9-21-60-45(53)54)37(76)67-28(14-8-20-59-44(51)52)38(77)63-24-34(74)66-30(16-10-22-61-46(55)56)40(79)68-31(12-4-6-18-48)41(80)69-32(13-5-7-19-49)42(81)70-33(17-11-23-62-47(57)58)43(82)71-35(26(2)72)36(50)75/h25-26,28-33,35,72H,4-24,48-49H2,1-3H3,(H2,50,75)(H,63,77)(H,64,78)(H,65,73)(H,66,74)(H,67,76)(H,68,79)(H,69,80)(H,70,81)(H,71,82)(H4,51,52,59)(H4,53,54,60)(H4,55,56,61)(H4,57,58,62)/t25-,26+,28-,29-,30-,31-,32-,33-,35-/m0/s1. The Bertz CT molecular complexity index is 2180. The van der Waals surface area contributed by atoms with Crippen molar-refractivity contribution in [2.75, 3.05) is 45.8 Å². The highest BCUT2D eigenvalue weighted by molar-refractivity contribution is 5.98. The monoisotopic (exact) mass is 1170 g/mol. The van der Waals surface area contributed by atoms with E-state index in [0.717, 1.165) is 0 Å². The number of nitrogens with one attached hydrogen (secondary N) is 9. The molecule has 0 aliphatic carbocycles. The van der Waals surface area contributed by atoms with Crippen LogP contribution in [0.3, 0.4) is 0 Å². The second-order valence-corrected chi connectivity index (χ2v) is 19.1. The van der Waals surface area contributed by atoms with Crippen LogP contribution >= 0.6 is 0 Å². The van der Waals surface area contributed by atoms with Crippen molar-refractivity contribution < 1.29 is 53.1 Å². The van der Waals surface area contributed by atoms with E-state index in [2.05, 4.69) is 67.8 Å².